The number of esters is 2. The fourth-order valence-corrected chi connectivity index (χ4v) is 11.4. The van der Waals surface area contributed by atoms with Crippen LogP contribution in [0.2, 0.25) is 0 Å². The van der Waals surface area contributed by atoms with Gasteiger partial charge in [-0.15, -0.1) is 0 Å². The minimum Gasteiger partial charge on any atom is -0.493 e. The van der Waals surface area contributed by atoms with E-state index < -0.39 is 17.5 Å². The highest BCUT2D eigenvalue weighted by molar-refractivity contribution is 6.23. The van der Waals surface area contributed by atoms with Crippen LogP contribution in [0.3, 0.4) is 0 Å². The van der Waals surface area contributed by atoms with Gasteiger partial charge >= 0.3 is 11.9 Å². The molecule has 0 unspecified atom stereocenters. The number of hydrogen-bond acceptors (Lipinski definition) is 9. The molecule has 9 heteroatoms. The zero-order chi connectivity index (χ0) is 50.6. The number of carbonyl (C=O) groups excluding carboxylic acids is 2. The third-order valence-electron chi connectivity index (χ3n) is 15.1. The number of rotatable bonds is 18. The van der Waals surface area contributed by atoms with Crippen molar-refractivity contribution in [2.45, 2.75) is 129 Å². The van der Waals surface area contributed by atoms with Crippen molar-refractivity contribution in [2.24, 2.45) is 5.73 Å². The van der Waals surface area contributed by atoms with Gasteiger partial charge in [0.25, 0.3) is 0 Å². The molecule has 0 bridgehead atoms. The van der Waals surface area contributed by atoms with Crippen LogP contribution in [-0.2, 0) is 26.0 Å². The van der Waals surface area contributed by atoms with Gasteiger partial charge in [-0.3, -0.25) is 0 Å². The Bertz CT molecular complexity index is 3230. The van der Waals surface area contributed by atoms with Crippen LogP contribution in [-0.4, -0.2) is 40.4 Å². The maximum Gasteiger partial charge on any atom is 0.344 e. The molecule has 9 nitrogen and oxygen atoms in total. The largest absolute Gasteiger partial charge is 0.493 e. The summed E-state index contributed by atoms with van der Waals surface area (Å²) < 4.78 is 36.1. The zero-order valence-corrected chi connectivity index (χ0v) is 43.5. The number of benzene rings is 6. The molecule has 2 heterocycles. The lowest BCUT2D eigenvalue weighted by Crippen LogP contribution is -2.30. The first-order valence-electron chi connectivity index (χ1n) is 25.4. The molecule has 9 rings (SSSR count). The number of unbranched alkanes of at least 4 members (excludes halogenated alkanes) is 6. The van der Waals surface area contributed by atoms with Crippen LogP contribution in [0.5, 0.6) is 34.5 Å². The van der Waals surface area contributed by atoms with E-state index >= 15 is 0 Å². The molecule has 6 aromatic carbocycles. The van der Waals surface area contributed by atoms with Crippen molar-refractivity contribution in [3.8, 4) is 56.8 Å². The molecule has 0 fully saturated rings. The third kappa shape index (κ3) is 8.54. The van der Waals surface area contributed by atoms with E-state index in [4.69, 9.17) is 34.2 Å². The third-order valence-corrected chi connectivity index (χ3v) is 15.1. The molecule has 2 N–H and O–H groups in total. The van der Waals surface area contributed by atoms with E-state index in [1.165, 1.54) is 60.8 Å². The first-order valence-corrected chi connectivity index (χ1v) is 25.4. The van der Waals surface area contributed by atoms with Gasteiger partial charge in [0, 0.05) is 43.3 Å². The predicted molar refractivity (Wildman–Crippen MR) is 284 cm³/mol. The van der Waals surface area contributed by atoms with Gasteiger partial charge in [0.1, 0.15) is 11.5 Å². The van der Waals surface area contributed by atoms with Crippen molar-refractivity contribution in [1.29, 1.82) is 0 Å². The summed E-state index contributed by atoms with van der Waals surface area (Å²) in [6.07, 6.45) is 11.5. The molecule has 1 aliphatic carbocycles. The molecule has 0 saturated carbocycles. The van der Waals surface area contributed by atoms with E-state index in [1.54, 1.807) is 28.4 Å². The molecule has 2 aliphatic heterocycles. The van der Waals surface area contributed by atoms with Gasteiger partial charge in [-0.2, -0.15) is 0 Å². The van der Waals surface area contributed by atoms with E-state index in [2.05, 4.69) is 84.9 Å². The Labute approximate surface area is 419 Å². The van der Waals surface area contributed by atoms with Crippen molar-refractivity contribution in [1.82, 2.24) is 0 Å². The topological polar surface area (TPSA) is 116 Å². The molecule has 6 aromatic rings. The quantitative estimate of drug-likeness (QED) is 0.0511. The maximum absolute atomic E-state index is 14.3. The van der Waals surface area contributed by atoms with Gasteiger partial charge in [-0.25, -0.2) is 9.59 Å². The number of ether oxygens (including phenoxy) is 6. The Balaban J connectivity index is 1.20. The normalized spacial score (nSPS) is 14.5. The molecule has 0 spiro atoms. The van der Waals surface area contributed by atoms with E-state index in [0.29, 0.717) is 78.0 Å². The molecular weight excluding hydrogens is 887 g/mol. The summed E-state index contributed by atoms with van der Waals surface area (Å²) in [5.41, 5.74) is 17.0. The fourth-order valence-electron chi connectivity index (χ4n) is 11.4. The molecule has 3 aliphatic rings. The van der Waals surface area contributed by atoms with E-state index in [-0.39, 0.29) is 10.8 Å². The van der Waals surface area contributed by atoms with Crippen molar-refractivity contribution in [3.05, 3.63) is 129 Å². The number of nitrogens with two attached hydrogens (primary N) is 1. The lowest BCUT2D eigenvalue weighted by molar-refractivity contribution is -0.128. The van der Waals surface area contributed by atoms with Crippen molar-refractivity contribution < 1.29 is 38.0 Å². The second-order valence-electron chi connectivity index (χ2n) is 21.2. The van der Waals surface area contributed by atoms with Crippen LogP contribution in [0.15, 0.2) is 84.9 Å². The second kappa shape index (κ2) is 19.2. The number of fused-ring (bicyclic) bond motifs is 8. The highest BCUT2D eigenvalue weighted by atomic mass is 16.5. The van der Waals surface area contributed by atoms with Gasteiger partial charge in [0.2, 0.25) is 0 Å². The Hall–Kier alpha value is -6.58. The van der Waals surface area contributed by atoms with Crippen molar-refractivity contribution >= 4 is 33.9 Å². The van der Waals surface area contributed by atoms with Crippen LogP contribution in [0.4, 0.5) is 0 Å². The van der Waals surface area contributed by atoms with Crippen LogP contribution in [0.1, 0.15) is 146 Å². The minimum atomic E-state index is -0.489. The molecular formula is C62H69NO8. The monoisotopic (exact) mass is 956 g/mol. The summed E-state index contributed by atoms with van der Waals surface area (Å²) in [6, 6.07) is 28.9. The second-order valence-corrected chi connectivity index (χ2v) is 21.2. The van der Waals surface area contributed by atoms with E-state index in [0.717, 1.165) is 47.9 Å². The summed E-state index contributed by atoms with van der Waals surface area (Å²) >= 11 is 0. The molecule has 0 aromatic heterocycles. The van der Waals surface area contributed by atoms with Crippen LogP contribution >= 0.6 is 0 Å². The number of methoxy groups -OCH3 is 4. The lowest BCUT2D eigenvalue weighted by atomic mass is 9.69. The first kappa shape index (κ1) is 49.4. The van der Waals surface area contributed by atoms with Gasteiger partial charge in [0.05, 0.1) is 39.6 Å². The van der Waals surface area contributed by atoms with Crippen molar-refractivity contribution in [2.75, 3.05) is 28.4 Å². The summed E-state index contributed by atoms with van der Waals surface area (Å²) in [6.45, 7) is 15.0. The Morgan fingerprint density at radius 1 is 0.521 bits per heavy atom. The Morgan fingerprint density at radius 2 is 1.03 bits per heavy atom. The Morgan fingerprint density at radius 3 is 1.52 bits per heavy atom. The highest BCUT2D eigenvalue weighted by Crippen LogP contribution is 2.56. The van der Waals surface area contributed by atoms with Crippen molar-refractivity contribution in [3.63, 3.8) is 0 Å². The van der Waals surface area contributed by atoms with E-state index in [9.17, 15) is 9.59 Å². The summed E-state index contributed by atoms with van der Waals surface area (Å²) in [4.78, 5) is 28.2. The lowest BCUT2D eigenvalue weighted by Gasteiger charge is -2.34. The average Bonchev–Trinajstić information content (AvgIpc) is 3.98. The maximum atomic E-state index is 14.3. The fraction of sp³-hybridized carbons (Fsp3) is 0.387. The standard InChI is InChI=1S/C62H69NO8/c1-12-14-16-18-28-62(29-19-17-15-13-2)47-31-36(20-22-40(47)41-23-21-39(35-48(41)62)61(6,7)63)46-30-37(33-50(66-8)56(46)68-10)52-44-26-24-43-42(54(44)70-58(52)64)25-27-45-53(59(65)71-55(43)45)38-32-49(60(3,4)5)57(69-11)51(34-38)67-9/h20-27,30-35H,12-19,28-29,63H2,1-11H3. The minimum absolute atomic E-state index is 0.202. The van der Waals surface area contributed by atoms with E-state index in [1.807, 2.05) is 48.5 Å². The SMILES string of the molecule is CCCCCCC1(CCCCCC)c2cc(-c3cc(C4=c5ccc6c7c(ccc6c5OC4=O)=C(c4cc(OC)c(OC)c(C(C)(C)C)c4)C(=O)O7)cc(OC)c3OC)ccc2-c2ccc(C(C)(C)N)cc21. The summed E-state index contributed by atoms with van der Waals surface area (Å²) in [5.74, 6) is 2.05. The number of hydrogen-bond donors (Lipinski definition) is 1. The summed E-state index contributed by atoms with van der Waals surface area (Å²) in [5, 5.41) is 2.57. The summed E-state index contributed by atoms with van der Waals surface area (Å²) in [7, 11) is 6.49. The smallest absolute Gasteiger partial charge is 0.344 e. The highest BCUT2D eigenvalue weighted by Gasteiger charge is 2.43. The average molecular weight is 956 g/mol. The Kier molecular flexibility index (Phi) is 13.4. The van der Waals surface area contributed by atoms with Gasteiger partial charge in [0.15, 0.2) is 23.0 Å². The molecule has 0 radical (unpaired) electrons. The van der Waals surface area contributed by atoms with Crippen LogP contribution < -0.4 is 44.6 Å². The zero-order valence-electron chi connectivity index (χ0n) is 43.5. The molecule has 0 atom stereocenters. The molecule has 0 saturated heterocycles. The number of carbonyl (C=O) groups is 2. The van der Waals surface area contributed by atoms with Crippen LogP contribution in [0.25, 0.3) is 44.2 Å². The predicted octanol–water partition coefficient (Wildman–Crippen LogP) is 12.5. The van der Waals surface area contributed by atoms with Gasteiger partial charge < -0.3 is 34.2 Å². The van der Waals surface area contributed by atoms with Gasteiger partial charge in [-0.1, -0.05) is 116 Å². The molecule has 370 valence electrons. The molecule has 71 heavy (non-hydrogen) atoms. The van der Waals surface area contributed by atoms with Crippen LogP contribution in [0, 0.1) is 0 Å². The van der Waals surface area contributed by atoms with Gasteiger partial charge in [-0.05, 0) is 131 Å². The first-order chi connectivity index (χ1) is 34.0. The molecule has 0 amide bonds.